The van der Waals surface area contributed by atoms with Crippen molar-refractivity contribution in [2.45, 2.75) is 16.7 Å². The Morgan fingerprint density at radius 3 is 2.06 bits per heavy atom. The smallest absolute Gasteiger partial charge is 0.261 e. The van der Waals surface area contributed by atoms with Crippen LogP contribution in [-0.2, 0) is 20.0 Å². The number of carbonyl (C=O) groups is 1. The summed E-state index contributed by atoms with van der Waals surface area (Å²) in [5.41, 5.74) is 1.22. The summed E-state index contributed by atoms with van der Waals surface area (Å²) in [7, 11) is -7.65. The first kappa shape index (κ1) is 26.6. The molecule has 0 bridgehead atoms. The first-order valence-corrected chi connectivity index (χ1v) is 15.0. The molecular formula is C24H23BrClN3O5S2. The number of nitrogens with one attached hydrogen (secondary N) is 1. The van der Waals surface area contributed by atoms with Crippen LogP contribution in [-0.4, -0.2) is 58.1 Å². The molecule has 8 nitrogen and oxygen atoms in total. The third-order valence-electron chi connectivity index (χ3n) is 5.76. The molecule has 0 atom stereocenters. The molecule has 0 aromatic heterocycles. The number of hydrogen-bond acceptors (Lipinski definition) is 5. The van der Waals surface area contributed by atoms with Crippen LogP contribution >= 0.6 is 27.5 Å². The fourth-order valence-electron chi connectivity index (χ4n) is 3.76. The summed E-state index contributed by atoms with van der Waals surface area (Å²) in [5, 5.41) is 0.437. The number of anilines is 1. The van der Waals surface area contributed by atoms with Gasteiger partial charge in [0.15, 0.2) is 0 Å². The SMILES string of the molecule is Cc1ccc(S(=O)(=O)Nc2ccc(Br)cc2C(=O)N2CCN(S(=O)(=O)c3ccc(Cl)cc3)CC2)cc1. The second-order valence-corrected chi connectivity index (χ2v) is 13.2. The van der Waals surface area contributed by atoms with Crippen molar-refractivity contribution in [3.05, 3.63) is 87.4 Å². The lowest BCUT2D eigenvalue weighted by molar-refractivity contribution is 0.0699. The largest absolute Gasteiger partial charge is 0.336 e. The van der Waals surface area contributed by atoms with Crippen molar-refractivity contribution >= 4 is 59.2 Å². The Morgan fingerprint density at radius 2 is 1.44 bits per heavy atom. The number of amides is 1. The molecule has 0 saturated carbocycles. The summed E-state index contributed by atoms with van der Waals surface area (Å²) in [6.45, 7) is 2.38. The van der Waals surface area contributed by atoms with Gasteiger partial charge in [-0.1, -0.05) is 45.2 Å². The monoisotopic (exact) mass is 611 g/mol. The summed E-state index contributed by atoms with van der Waals surface area (Å²) in [5.74, 6) is -0.401. The topological polar surface area (TPSA) is 104 Å². The lowest BCUT2D eigenvalue weighted by Gasteiger charge is -2.34. The maximum atomic E-state index is 13.4. The van der Waals surface area contributed by atoms with Gasteiger partial charge in [-0.25, -0.2) is 16.8 Å². The summed E-state index contributed by atoms with van der Waals surface area (Å²) in [4.78, 5) is 15.1. The van der Waals surface area contributed by atoms with Gasteiger partial charge in [0.05, 0.1) is 21.0 Å². The number of carbonyl (C=O) groups excluding carboxylic acids is 1. The molecular weight excluding hydrogens is 590 g/mol. The van der Waals surface area contributed by atoms with E-state index in [4.69, 9.17) is 11.6 Å². The molecule has 4 rings (SSSR count). The lowest BCUT2D eigenvalue weighted by Crippen LogP contribution is -2.50. The molecule has 1 fully saturated rings. The highest BCUT2D eigenvalue weighted by atomic mass is 79.9. The van der Waals surface area contributed by atoms with E-state index in [2.05, 4.69) is 20.7 Å². The van der Waals surface area contributed by atoms with Crippen LogP contribution in [0.2, 0.25) is 5.02 Å². The van der Waals surface area contributed by atoms with E-state index in [1.807, 2.05) is 6.92 Å². The average Bonchev–Trinajstić information content (AvgIpc) is 2.85. The molecule has 0 radical (unpaired) electrons. The van der Waals surface area contributed by atoms with E-state index in [1.165, 1.54) is 51.7 Å². The Kier molecular flexibility index (Phi) is 7.77. The van der Waals surface area contributed by atoms with E-state index in [0.717, 1.165) is 5.56 Å². The molecule has 1 aliphatic rings. The average molecular weight is 613 g/mol. The molecule has 1 aliphatic heterocycles. The van der Waals surface area contributed by atoms with Gasteiger partial charge in [-0.05, 0) is 61.5 Å². The standard InChI is InChI=1S/C24H23BrClN3O5S2/c1-17-2-7-20(8-3-17)35(31,32)27-23-11-4-18(25)16-22(23)24(30)28-12-14-29(15-13-28)36(33,34)21-9-5-19(26)6-10-21/h2-11,16,27H,12-15H2,1H3. The van der Waals surface area contributed by atoms with Crippen LogP contribution in [0.5, 0.6) is 0 Å². The lowest BCUT2D eigenvalue weighted by atomic mass is 10.1. The van der Waals surface area contributed by atoms with Crippen molar-refractivity contribution in [2.24, 2.45) is 0 Å². The molecule has 1 amide bonds. The molecule has 1 N–H and O–H groups in total. The molecule has 0 aliphatic carbocycles. The molecule has 1 heterocycles. The van der Waals surface area contributed by atoms with Crippen molar-refractivity contribution in [1.82, 2.24) is 9.21 Å². The molecule has 0 spiro atoms. The first-order valence-electron chi connectivity index (χ1n) is 10.9. The van der Waals surface area contributed by atoms with Crippen LogP contribution in [0.4, 0.5) is 5.69 Å². The van der Waals surface area contributed by atoms with Gasteiger partial charge in [0.25, 0.3) is 15.9 Å². The van der Waals surface area contributed by atoms with Gasteiger partial charge in [-0.3, -0.25) is 9.52 Å². The van der Waals surface area contributed by atoms with Crippen molar-refractivity contribution in [3.63, 3.8) is 0 Å². The van der Waals surface area contributed by atoms with Gasteiger partial charge in [0, 0.05) is 35.7 Å². The predicted octanol–water partition coefficient (Wildman–Crippen LogP) is 4.36. The Hall–Kier alpha value is -2.44. The normalized spacial score (nSPS) is 15.0. The second-order valence-electron chi connectivity index (χ2n) is 8.26. The quantitative estimate of drug-likeness (QED) is 0.446. The third-order valence-corrected chi connectivity index (χ3v) is 9.80. The van der Waals surface area contributed by atoms with Crippen molar-refractivity contribution in [3.8, 4) is 0 Å². The van der Waals surface area contributed by atoms with Crippen LogP contribution < -0.4 is 4.72 Å². The number of benzene rings is 3. The van der Waals surface area contributed by atoms with Gasteiger partial charge in [0.2, 0.25) is 10.0 Å². The Bertz CT molecular complexity index is 1490. The molecule has 1 saturated heterocycles. The summed E-state index contributed by atoms with van der Waals surface area (Å²) in [6.07, 6.45) is 0. The third kappa shape index (κ3) is 5.76. The number of aryl methyl sites for hydroxylation is 1. The first-order chi connectivity index (χ1) is 17.0. The molecule has 190 valence electrons. The van der Waals surface area contributed by atoms with Gasteiger partial charge in [-0.15, -0.1) is 0 Å². The van der Waals surface area contributed by atoms with Gasteiger partial charge in [-0.2, -0.15) is 4.31 Å². The number of rotatable bonds is 6. The number of piperazine rings is 1. The minimum Gasteiger partial charge on any atom is -0.336 e. The van der Waals surface area contributed by atoms with Crippen molar-refractivity contribution in [1.29, 1.82) is 0 Å². The Morgan fingerprint density at radius 1 is 0.861 bits per heavy atom. The highest BCUT2D eigenvalue weighted by molar-refractivity contribution is 9.10. The second kappa shape index (κ2) is 10.5. The minimum atomic E-state index is -3.92. The van der Waals surface area contributed by atoms with E-state index in [9.17, 15) is 21.6 Å². The number of sulfonamides is 2. The molecule has 3 aromatic rings. The van der Waals surface area contributed by atoms with E-state index in [0.29, 0.717) is 9.50 Å². The van der Waals surface area contributed by atoms with Crippen LogP contribution in [0.1, 0.15) is 15.9 Å². The zero-order valence-corrected chi connectivity index (χ0v) is 23.2. The summed E-state index contributed by atoms with van der Waals surface area (Å²) < 4.78 is 56.2. The van der Waals surface area contributed by atoms with Crippen molar-refractivity contribution < 1.29 is 21.6 Å². The van der Waals surface area contributed by atoms with Gasteiger partial charge >= 0.3 is 0 Å². The zero-order chi connectivity index (χ0) is 26.1. The number of hydrogen-bond donors (Lipinski definition) is 1. The van der Waals surface area contributed by atoms with Gasteiger partial charge < -0.3 is 4.90 Å². The fourth-order valence-corrected chi connectivity index (χ4v) is 6.75. The van der Waals surface area contributed by atoms with Crippen LogP contribution in [0, 0.1) is 6.92 Å². The molecule has 36 heavy (non-hydrogen) atoms. The van der Waals surface area contributed by atoms with Crippen LogP contribution in [0.15, 0.2) is 81.0 Å². The molecule has 12 heteroatoms. The Balaban J connectivity index is 1.52. The highest BCUT2D eigenvalue weighted by Gasteiger charge is 2.31. The van der Waals surface area contributed by atoms with Gasteiger partial charge in [0.1, 0.15) is 0 Å². The van der Waals surface area contributed by atoms with E-state index in [1.54, 1.807) is 24.3 Å². The summed E-state index contributed by atoms with van der Waals surface area (Å²) >= 11 is 9.21. The van der Waals surface area contributed by atoms with Crippen LogP contribution in [0.3, 0.4) is 0 Å². The maximum absolute atomic E-state index is 13.4. The molecule has 0 unspecified atom stereocenters. The maximum Gasteiger partial charge on any atom is 0.261 e. The van der Waals surface area contributed by atoms with Crippen molar-refractivity contribution in [2.75, 3.05) is 30.9 Å². The molecule has 3 aromatic carbocycles. The fraction of sp³-hybridized carbons (Fsp3) is 0.208. The summed E-state index contributed by atoms with van der Waals surface area (Å²) in [6, 6.07) is 17.0. The highest BCUT2D eigenvalue weighted by Crippen LogP contribution is 2.27. The zero-order valence-electron chi connectivity index (χ0n) is 19.2. The van der Waals surface area contributed by atoms with Crippen LogP contribution in [0.25, 0.3) is 0 Å². The van der Waals surface area contributed by atoms with E-state index in [-0.39, 0.29) is 47.2 Å². The predicted molar refractivity (Wildman–Crippen MR) is 142 cm³/mol. The number of nitrogens with zero attached hydrogens (tertiary/aromatic N) is 2. The number of halogens is 2. The van der Waals surface area contributed by atoms with E-state index < -0.39 is 26.0 Å². The Labute approximate surface area is 224 Å². The minimum absolute atomic E-state index is 0.0791. The van der Waals surface area contributed by atoms with E-state index >= 15 is 0 Å².